The van der Waals surface area contributed by atoms with Crippen LogP contribution in [-0.4, -0.2) is 15.5 Å². The lowest BCUT2D eigenvalue weighted by atomic mass is 10.2. The molecular weight excluding hydrogens is 390 g/mol. The Bertz CT molecular complexity index is 557. The Morgan fingerprint density at radius 2 is 2.21 bits per heavy atom. The Kier molecular flexibility index (Phi) is 5.50. The Labute approximate surface area is 134 Å². The first-order valence-corrected chi connectivity index (χ1v) is 8.54. The van der Waals surface area contributed by atoms with Gasteiger partial charge in [0.25, 0.3) is 0 Å². The molecule has 1 aromatic heterocycles. The maximum Gasteiger partial charge on any atom is 0.0701 e. The molecular formula is C13H15Br2N3S. The Balaban J connectivity index is 2.05. The van der Waals surface area contributed by atoms with Crippen molar-refractivity contribution < 1.29 is 0 Å². The van der Waals surface area contributed by atoms with Crippen molar-refractivity contribution in [2.24, 2.45) is 5.73 Å². The second-order valence-corrected chi connectivity index (χ2v) is 6.93. The Morgan fingerprint density at radius 3 is 2.89 bits per heavy atom. The summed E-state index contributed by atoms with van der Waals surface area (Å²) < 4.78 is 4.01. The van der Waals surface area contributed by atoms with Crippen LogP contribution in [0.4, 0.5) is 0 Å². The topological polar surface area (TPSA) is 43.8 Å². The van der Waals surface area contributed by atoms with Gasteiger partial charge in [0.2, 0.25) is 0 Å². The van der Waals surface area contributed by atoms with Gasteiger partial charge in [-0.05, 0) is 41.1 Å². The number of hydrogen-bond acceptors (Lipinski definition) is 3. The maximum atomic E-state index is 6.28. The molecule has 0 spiro atoms. The summed E-state index contributed by atoms with van der Waals surface area (Å²) in [7, 11) is 0. The third-order valence-corrected chi connectivity index (χ3v) is 4.93. The summed E-state index contributed by atoms with van der Waals surface area (Å²) in [5, 5.41) is 4.30. The minimum absolute atomic E-state index is 0.0409. The second kappa shape index (κ2) is 6.92. The van der Waals surface area contributed by atoms with E-state index < -0.39 is 0 Å². The molecule has 0 bridgehead atoms. The molecule has 1 heterocycles. The number of aryl methyl sites for hydroxylation is 1. The lowest BCUT2D eigenvalue weighted by Gasteiger charge is -2.14. The molecule has 1 atom stereocenters. The molecule has 1 unspecified atom stereocenters. The fourth-order valence-electron chi connectivity index (χ4n) is 1.81. The smallest absolute Gasteiger partial charge is 0.0701 e. The lowest BCUT2D eigenvalue weighted by Crippen LogP contribution is -2.18. The average molecular weight is 405 g/mol. The molecule has 0 aliphatic carbocycles. The van der Waals surface area contributed by atoms with E-state index in [4.69, 9.17) is 5.73 Å². The van der Waals surface area contributed by atoms with Gasteiger partial charge in [0.15, 0.2) is 0 Å². The SMILES string of the molecule is CCn1ncc(Br)c1C(N)CSc1cccc(Br)c1. The van der Waals surface area contributed by atoms with Gasteiger partial charge in [0.1, 0.15) is 0 Å². The molecule has 0 fully saturated rings. The fourth-order valence-corrected chi connectivity index (χ4v) is 3.87. The van der Waals surface area contributed by atoms with Crippen LogP contribution in [0.3, 0.4) is 0 Å². The van der Waals surface area contributed by atoms with Gasteiger partial charge in [-0.15, -0.1) is 11.8 Å². The van der Waals surface area contributed by atoms with E-state index in [9.17, 15) is 0 Å². The number of thioether (sulfide) groups is 1. The largest absolute Gasteiger partial charge is 0.322 e. The standard InChI is InChI=1S/C13H15Br2N3S/c1-2-18-13(11(15)7-17-18)12(16)8-19-10-5-3-4-9(14)6-10/h3-7,12H,2,8,16H2,1H3. The molecule has 102 valence electrons. The zero-order valence-corrected chi connectivity index (χ0v) is 14.5. The first kappa shape index (κ1) is 15.1. The van der Waals surface area contributed by atoms with Gasteiger partial charge in [-0.1, -0.05) is 22.0 Å². The summed E-state index contributed by atoms with van der Waals surface area (Å²) in [6, 6.07) is 8.20. The van der Waals surface area contributed by atoms with Gasteiger partial charge < -0.3 is 5.73 Å². The number of halogens is 2. The van der Waals surface area contributed by atoms with Crippen molar-refractivity contribution in [2.75, 3.05) is 5.75 Å². The predicted octanol–water partition coefficient (Wildman–Crippen LogP) is 4.22. The van der Waals surface area contributed by atoms with E-state index in [1.165, 1.54) is 4.90 Å². The quantitative estimate of drug-likeness (QED) is 0.758. The number of aromatic nitrogens is 2. The molecule has 3 nitrogen and oxygen atoms in total. The van der Waals surface area contributed by atoms with E-state index in [0.717, 1.165) is 26.9 Å². The van der Waals surface area contributed by atoms with Gasteiger partial charge in [-0.25, -0.2) is 0 Å². The molecule has 0 saturated heterocycles. The molecule has 2 rings (SSSR count). The maximum absolute atomic E-state index is 6.28. The summed E-state index contributed by atoms with van der Waals surface area (Å²) in [6.45, 7) is 2.90. The van der Waals surface area contributed by atoms with E-state index in [-0.39, 0.29) is 6.04 Å². The molecule has 6 heteroatoms. The zero-order chi connectivity index (χ0) is 13.8. The van der Waals surface area contributed by atoms with Gasteiger partial charge in [-0.3, -0.25) is 4.68 Å². The van der Waals surface area contributed by atoms with Crippen molar-refractivity contribution in [3.63, 3.8) is 0 Å². The molecule has 0 aliphatic heterocycles. The van der Waals surface area contributed by atoms with Crippen LogP contribution in [0.15, 0.2) is 44.3 Å². The van der Waals surface area contributed by atoms with Crippen LogP contribution >= 0.6 is 43.6 Å². The van der Waals surface area contributed by atoms with E-state index in [1.807, 2.05) is 23.0 Å². The minimum Gasteiger partial charge on any atom is -0.322 e. The van der Waals surface area contributed by atoms with E-state index in [0.29, 0.717) is 0 Å². The monoisotopic (exact) mass is 403 g/mol. The van der Waals surface area contributed by atoms with Gasteiger partial charge >= 0.3 is 0 Å². The summed E-state index contributed by atoms with van der Waals surface area (Å²) in [5.74, 6) is 0.820. The van der Waals surface area contributed by atoms with Crippen LogP contribution in [0.25, 0.3) is 0 Å². The summed E-state index contributed by atoms with van der Waals surface area (Å²) in [5.41, 5.74) is 7.34. The number of rotatable bonds is 5. The highest BCUT2D eigenvalue weighted by Gasteiger charge is 2.16. The lowest BCUT2D eigenvalue weighted by molar-refractivity contribution is 0.591. The van der Waals surface area contributed by atoms with Crippen LogP contribution in [0.2, 0.25) is 0 Å². The molecule has 1 aromatic carbocycles. The highest BCUT2D eigenvalue weighted by atomic mass is 79.9. The normalized spacial score (nSPS) is 12.6. The van der Waals surface area contributed by atoms with Crippen molar-refractivity contribution in [1.82, 2.24) is 9.78 Å². The molecule has 19 heavy (non-hydrogen) atoms. The predicted molar refractivity (Wildman–Crippen MR) is 87.4 cm³/mol. The minimum atomic E-state index is -0.0409. The third-order valence-electron chi connectivity index (χ3n) is 2.71. The Morgan fingerprint density at radius 1 is 1.42 bits per heavy atom. The highest BCUT2D eigenvalue weighted by molar-refractivity contribution is 9.10. The number of benzene rings is 1. The van der Waals surface area contributed by atoms with Crippen LogP contribution in [0, 0.1) is 0 Å². The van der Waals surface area contributed by atoms with Crippen LogP contribution < -0.4 is 5.73 Å². The summed E-state index contributed by atoms with van der Waals surface area (Å²) in [4.78, 5) is 1.21. The van der Waals surface area contributed by atoms with Crippen molar-refractivity contribution >= 4 is 43.6 Å². The molecule has 0 amide bonds. The molecule has 2 aromatic rings. The van der Waals surface area contributed by atoms with Gasteiger partial charge in [0.05, 0.1) is 22.4 Å². The first-order valence-electron chi connectivity index (χ1n) is 5.97. The number of nitrogens with zero attached hydrogens (tertiary/aromatic N) is 2. The molecule has 0 saturated carbocycles. The van der Waals surface area contributed by atoms with Crippen molar-refractivity contribution in [2.45, 2.75) is 24.4 Å². The van der Waals surface area contributed by atoms with Gasteiger partial charge in [-0.2, -0.15) is 5.10 Å². The molecule has 2 N–H and O–H groups in total. The first-order chi connectivity index (χ1) is 9.11. The van der Waals surface area contributed by atoms with Crippen LogP contribution in [0.5, 0.6) is 0 Å². The average Bonchev–Trinajstić information content (AvgIpc) is 2.77. The Hall–Kier alpha value is -0.300. The third kappa shape index (κ3) is 3.84. The van der Waals surface area contributed by atoms with Crippen molar-refractivity contribution in [1.29, 1.82) is 0 Å². The number of nitrogens with two attached hydrogens (primary N) is 1. The van der Waals surface area contributed by atoms with Crippen molar-refractivity contribution in [3.8, 4) is 0 Å². The second-order valence-electron chi connectivity index (χ2n) is 4.07. The van der Waals surface area contributed by atoms with Gasteiger partial charge in [0, 0.05) is 21.7 Å². The fraction of sp³-hybridized carbons (Fsp3) is 0.308. The molecule has 0 aliphatic rings. The van der Waals surface area contributed by atoms with Crippen LogP contribution in [-0.2, 0) is 6.54 Å². The van der Waals surface area contributed by atoms with E-state index in [1.54, 1.807) is 11.8 Å². The highest BCUT2D eigenvalue weighted by Crippen LogP contribution is 2.28. The van der Waals surface area contributed by atoms with E-state index in [2.05, 4.69) is 56.0 Å². The van der Waals surface area contributed by atoms with Crippen LogP contribution in [0.1, 0.15) is 18.7 Å². The number of hydrogen-bond donors (Lipinski definition) is 1. The summed E-state index contributed by atoms with van der Waals surface area (Å²) >= 11 is 8.74. The summed E-state index contributed by atoms with van der Waals surface area (Å²) in [6.07, 6.45) is 1.81. The van der Waals surface area contributed by atoms with Crippen molar-refractivity contribution in [3.05, 3.63) is 45.1 Å². The van der Waals surface area contributed by atoms with E-state index >= 15 is 0 Å². The zero-order valence-electron chi connectivity index (χ0n) is 10.5. The molecule has 0 radical (unpaired) electrons.